The molecule has 1 rings (SSSR count). The van der Waals surface area contributed by atoms with E-state index in [1.54, 1.807) is 13.0 Å². The number of aliphatic hydroxyl groups is 1. The summed E-state index contributed by atoms with van der Waals surface area (Å²) in [5, 5.41) is 12.6. The summed E-state index contributed by atoms with van der Waals surface area (Å²) in [6.45, 7) is 5.63. The molecule has 4 heteroatoms. The van der Waals surface area contributed by atoms with E-state index in [2.05, 4.69) is 5.32 Å². The lowest BCUT2D eigenvalue weighted by atomic mass is 9.97. The van der Waals surface area contributed by atoms with Gasteiger partial charge in [0.25, 0.3) is 5.91 Å². The van der Waals surface area contributed by atoms with Gasteiger partial charge in [0.2, 0.25) is 0 Å². The van der Waals surface area contributed by atoms with Crippen LogP contribution in [0.4, 0.5) is 4.39 Å². The predicted octanol–water partition coefficient (Wildman–Crippen LogP) is 2.42. The SMILES string of the molecule is CCC(O)(CC)CNC(=O)c1cc(C)ccc1F. The van der Waals surface area contributed by atoms with Crippen LogP contribution < -0.4 is 5.32 Å². The zero-order chi connectivity index (χ0) is 13.8. The summed E-state index contributed by atoms with van der Waals surface area (Å²) in [6.07, 6.45) is 1.08. The quantitative estimate of drug-likeness (QED) is 0.846. The summed E-state index contributed by atoms with van der Waals surface area (Å²) in [5.41, 5.74) is -0.0805. The van der Waals surface area contributed by atoms with Gasteiger partial charge in [-0.05, 0) is 31.9 Å². The molecule has 0 atom stereocenters. The van der Waals surface area contributed by atoms with Crippen LogP contribution in [0.1, 0.15) is 42.6 Å². The summed E-state index contributed by atoms with van der Waals surface area (Å²) in [7, 11) is 0. The largest absolute Gasteiger partial charge is 0.388 e. The third kappa shape index (κ3) is 3.53. The van der Waals surface area contributed by atoms with E-state index in [9.17, 15) is 14.3 Å². The molecule has 0 unspecified atom stereocenters. The minimum Gasteiger partial charge on any atom is -0.388 e. The van der Waals surface area contributed by atoms with Gasteiger partial charge in [-0.1, -0.05) is 25.5 Å². The van der Waals surface area contributed by atoms with Gasteiger partial charge in [0.1, 0.15) is 5.82 Å². The minimum absolute atomic E-state index is 0.0181. The van der Waals surface area contributed by atoms with Crippen molar-refractivity contribution < 1.29 is 14.3 Å². The van der Waals surface area contributed by atoms with Gasteiger partial charge in [-0.15, -0.1) is 0 Å². The van der Waals surface area contributed by atoms with Crippen LogP contribution in [0, 0.1) is 12.7 Å². The van der Waals surface area contributed by atoms with Crippen molar-refractivity contribution in [2.75, 3.05) is 6.54 Å². The number of hydrogen-bond acceptors (Lipinski definition) is 2. The van der Waals surface area contributed by atoms with E-state index >= 15 is 0 Å². The molecule has 0 saturated heterocycles. The molecule has 0 fully saturated rings. The molecule has 0 heterocycles. The smallest absolute Gasteiger partial charge is 0.254 e. The third-order valence-corrected chi connectivity index (χ3v) is 3.26. The number of rotatable bonds is 5. The van der Waals surface area contributed by atoms with Crippen molar-refractivity contribution in [1.82, 2.24) is 5.32 Å². The van der Waals surface area contributed by atoms with E-state index in [0.29, 0.717) is 12.8 Å². The lowest BCUT2D eigenvalue weighted by molar-refractivity contribution is 0.0313. The van der Waals surface area contributed by atoms with Crippen LogP contribution in [0.5, 0.6) is 0 Å². The monoisotopic (exact) mass is 253 g/mol. The first-order chi connectivity index (χ1) is 8.41. The van der Waals surface area contributed by atoms with E-state index in [0.717, 1.165) is 5.56 Å². The second-order valence-corrected chi connectivity index (χ2v) is 4.60. The second kappa shape index (κ2) is 5.96. The molecule has 1 aromatic carbocycles. The number of amides is 1. The Hall–Kier alpha value is -1.42. The molecule has 1 aromatic rings. The number of nitrogens with one attached hydrogen (secondary N) is 1. The van der Waals surface area contributed by atoms with E-state index in [-0.39, 0.29) is 12.1 Å². The highest BCUT2D eigenvalue weighted by molar-refractivity contribution is 5.94. The number of carbonyl (C=O) groups excluding carboxylic acids is 1. The van der Waals surface area contributed by atoms with Gasteiger partial charge >= 0.3 is 0 Å². The maximum Gasteiger partial charge on any atom is 0.254 e. The van der Waals surface area contributed by atoms with Crippen LogP contribution in [-0.2, 0) is 0 Å². The Morgan fingerprint density at radius 2 is 2.00 bits per heavy atom. The highest BCUT2D eigenvalue weighted by Crippen LogP contribution is 2.14. The molecular formula is C14H20FNO2. The molecule has 0 aliphatic heterocycles. The van der Waals surface area contributed by atoms with Crippen molar-refractivity contribution in [3.63, 3.8) is 0 Å². The second-order valence-electron chi connectivity index (χ2n) is 4.60. The highest BCUT2D eigenvalue weighted by Gasteiger charge is 2.23. The van der Waals surface area contributed by atoms with Crippen molar-refractivity contribution in [2.45, 2.75) is 39.2 Å². The van der Waals surface area contributed by atoms with Crippen molar-refractivity contribution in [1.29, 1.82) is 0 Å². The Bertz CT molecular complexity index is 428. The zero-order valence-corrected chi connectivity index (χ0v) is 11.1. The molecule has 0 bridgehead atoms. The molecular weight excluding hydrogens is 233 g/mol. The molecule has 0 aromatic heterocycles. The average molecular weight is 253 g/mol. The first kappa shape index (κ1) is 14.6. The van der Waals surface area contributed by atoms with Crippen molar-refractivity contribution >= 4 is 5.91 Å². The summed E-state index contributed by atoms with van der Waals surface area (Å²) < 4.78 is 13.5. The van der Waals surface area contributed by atoms with E-state index < -0.39 is 17.3 Å². The van der Waals surface area contributed by atoms with Crippen LogP contribution in [0.2, 0.25) is 0 Å². The van der Waals surface area contributed by atoms with E-state index in [1.807, 2.05) is 13.8 Å². The van der Waals surface area contributed by atoms with E-state index in [1.165, 1.54) is 12.1 Å². The van der Waals surface area contributed by atoms with Gasteiger partial charge in [0.15, 0.2) is 0 Å². The van der Waals surface area contributed by atoms with Gasteiger partial charge in [-0.25, -0.2) is 4.39 Å². The van der Waals surface area contributed by atoms with Gasteiger partial charge in [0.05, 0.1) is 11.2 Å². The normalized spacial score (nSPS) is 11.4. The lowest BCUT2D eigenvalue weighted by Gasteiger charge is -2.25. The lowest BCUT2D eigenvalue weighted by Crippen LogP contribution is -2.42. The fourth-order valence-electron chi connectivity index (χ4n) is 1.65. The van der Waals surface area contributed by atoms with E-state index in [4.69, 9.17) is 0 Å². The first-order valence-electron chi connectivity index (χ1n) is 6.18. The number of carbonyl (C=O) groups is 1. The summed E-state index contributed by atoms with van der Waals surface area (Å²) >= 11 is 0. The van der Waals surface area contributed by atoms with Crippen LogP contribution in [0.15, 0.2) is 18.2 Å². The van der Waals surface area contributed by atoms with Crippen LogP contribution in [0.3, 0.4) is 0 Å². The standard InChI is InChI=1S/C14H20FNO2/c1-4-14(18,5-2)9-16-13(17)11-8-10(3)6-7-12(11)15/h6-8,18H,4-5,9H2,1-3H3,(H,16,17). The summed E-state index contributed by atoms with van der Waals surface area (Å²) in [5.74, 6) is -1.04. The molecule has 0 aliphatic carbocycles. The molecule has 3 nitrogen and oxygen atoms in total. The zero-order valence-electron chi connectivity index (χ0n) is 11.1. The topological polar surface area (TPSA) is 49.3 Å². The van der Waals surface area contributed by atoms with Gasteiger partial charge in [-0.3, -0.25) is 4.79 Å². The molecule has 0 spiro atoms. The highest BCUT2D eigenvalue weighted by atomic mass is 19.1. The fraction of sp³-hybridized carbons (Fsp3) is 0.500. The van der Waals surface area contributed by atoms with Crippen molar-refractivity contribution in [3.05, 3.63) is 35.1 Å². The third-order valence-electron chi connectivity index (χ3n) is 3.26. The number of benzene rings is 1. The summed E-state index contributed by atoms with van der Waals surface area (Å²) in [6, 6.07) is 4.39. The Balaban J connectivity index is 2.74. The van der Waals surface area contributed by atoms with Gasteiger partial charge in [0, 0.05) is 6.54 Å². The Kier molecular flexibility index (Phi) is 4.84. The average Bonchev–Trinajstić information content (AvgIpc) is 2.38. The minimum atomic E-state index is -0.921. The van der Waals surface area contributed by atoms with Crippen LogP contribution in [0.25, 0.3) is 0 Å². The number of hydrogen-bond donors (Lipinski definition) is 2. The van der Waals surface area contributed by atoms with Crippen molar-refractivity contribution in [2.24, 2.45) is 0 Å². The molecule has 18 heavy (non-hydrogen) atoms. The molecule has 100 valence electrons. The number of aryl methyl sites for hydroxylation is 1. The summed E-state index contributed by atoms with van der Waals surface area (Å²) in [4.78, 5) is 11.8. The molecule has 0 aliphatic rings. The van der Waals surface area contributed by atoms with Gasteiger partial charge in [-0.2, -0.15) is 0 Å². The Morgan fingerprint density at radius 1 is 1.39 bits per heavy atom. The molecule has 0 radical (unpaired) electrons. The first-order valence-corrected chi connectivity index (χ1v) is 6.18. The maximum atomic E-state index is 13.5. The van der Waals surface area contributed by atoms with Gasteiger partial charge < -0.3 is 10.4 Å². The Morgan fingerprint density at radius 3 is 2.56 bits per heavy atom. The molecule has 1 amide bonds. The molecule has 0 saturated carbocycles. The Labute approximate surface area is 107 Å². The van der Waals surface area contributed by atoms with Crippen LogP contribution >= 0.6 is 0 Å². The number of halogens is 1. The van der Waals surface area contributed by atoms with Crippen LogP contribution in [-0.4, -0.2) is 23.2 Å². The fourth-order valence-corrected chi connectivity index (χ4v) is 1.65. The maximum absolute atomic E-state index is 13.5. The molecule has 2 N–H and O–H groups in total. The predicted molar refractivity (Wildman–Crippen MR) is 69.0 cm³/mol. The van der Waals surface area contributed by atoms with Crippen molar-refractivity contribution in [3.8, 4) is 0 Å².